The predicted molar refractivity (Wildman–Crippen MR) is 154 cm³/mol. The number of aliphatic hydroxyl groups is 1. The van der Waals surface area contributed by atoms with E-state index in [9.17, 15) is 14.3 Å². The van der Waals surface area contributed by atoms with E-state index in [1.807, 2.05) is 49.6 Å². The molecule has 0 radical (unpaired) electrons. The van der Waals surface area contributed by atoms with Gasteiger partial charge in [0.25, 0.3) is 5.56 Å². The molecule has 1 aliphatic heterocycles. The summed E-state index contributed by atoms with van der Waals surface area (Å²) in [5.41, 5.74) is 10.1. The van der Waals surface area contributed by atoms with Gasteiger partial charge in [-0.25, -0.2) is 9.37 Å². The van der Waals surface area contributed by atoms with Gasteiger partial charge >= 0.3 is 0 Å². The number of benzene rings is 2. The number of fused-ring (bicyclic) bond motifs is 1. The van der Waals surface area contributed by atoms with Crippen LogP contribution in [0.2, 0.25) is 0 Å². The molecule has 0 unspecified atom stereocenters. The minimum Gasteiger partial charge on any atom is -0.388 e. The maximum absolute atomic E-state index is 14.9. The minimum absolute atomic E-state index is 0.119. The second-order valence-corrected chi connectivity index (χ2v) is 11.0. The number of aryl methyl sites for hydroxylation is 2. The third-order valence-electron chi connectivity index (χ3n) is 8.01. The van der Waals surface area contributed by atoms with E-state index in [2.05, 4.69) is 20.1 Å². The number of nitrogens with zero attached hydrogens (tertiary/aromatic N) is 7. The van der Waals surface area contributed by atoms with E-state index >= 15 is 0 Å². The molecule has 3 aromatic heterocycles. The molecule has 2 aromatic carbocycles. The first kappa shape index (κ1) is 27.0. The van der Waals surface area contributed by atoms with Gasteiger partial charge in [-0.2, -0.15) is 10.2 Å². The molecule has 0 amide bonds. The van der Waals surface area contributed by atoms with Gasteiger partial charge in [-0.05, 0) is 30.0 Å². The Kier molecular flexibility index (Phi) is 7.02. The Labute approximate surface area is 236 Å². The van der Waals surface area contributed by atoms with Crippen LogP contribution in [-0.4, -0.2) is 57.8 Å². The summed E-state index contributed by atoms with van der Waals surface area (Å²) in [7, 11) is 3.62. The normalized spacial score (nSPS) is 15.5. The zero-order valence-corrected chi connectivity index (χ0v) is 23.2. The Morgan fingerprint density at radius 1 is 1.02 bits per heavy atom. The van der Waals surface area contributed by atoms with E-state index in [-0.39, 0.29) is 23.4 Å². The van der Waals surface area contributed by atoms with Crippen LogP contribution in [0.5, 0.6) is 0 Å². The second kappa shape index (κ2) is 10.7. The number of rotatable bonds is 7. The third-order valence-corrected chi connectivity index (χ3v) is 8.01. The van der Waals surface area contributed by atoms with Crippen LogP contribution >= 0.6 is 0 Å². The van der Waals surface area contributed by atoms with E-state index < -0.39 is 5.60 Å². The molecule has 3 N–H and O–H groups in total. The summed E-state index contributed by atoms with van der Waals surface area (Å²) in [6.45, 7) is 2.18. The maximum Gasteiger partial charge on any atom is 0.281 e. The van der Waals surface area contributed by atoms with Crippen LogP contribution in [0, 0.1) is 5.82 Å². The lowest BCUT2D eigenvalue weighted by molar-refractivity contribution is -0.0366. The van der Waals surface area contributed by atoms with Crippen molar-refractivity contribution in [3.63, 3.8) is 0 Å². The van der Waals surface area contributed by atoms with E-state index in [4.69, 9.17) is 5.73 Å². The number of halogens is 1. The smallest absolute Gasteiger partial charge is 0.281 e. The molecule has 5 aromatic rings. The number of aromatic nitrogens is 6. The summed E-state index contributed by atoms with van der Waals surface area (Å²) in [4.78, 5) is 20.1. The summed E-state index contributed by atoms with van der Waals surface area (Å²) >= 11 is 0. The Morgan fingerprint density at radius 2 is 1.76 bits per heavy atom. The van der Waals surface area contributed by atoms with Crippen LogP contribution in [0.1, 0.15) is 24.0 Å². The number of hydrogen-bond donors (Lipinski definition) is 2. The number of hydrogen-bond acceptors (Lipinski definition) is 7. The monoisotopic (exact) mass is 556 g/mol. The van der Waals surface area contributed by atoms with Gasteiger partial charge in [0.2, 0.25) is 0 Å². The highest BCUT2D eigenvalue weighted by Gasteiger charge is 2.33. The molecule has 11 heteroatoms. The zero-order chi connectivity index (χ0) is 28.7. The highest BCUT2D eigenvalue weighted by molar-refractivity contribution is 5.89. The second-order valence-electron chi connectivity index (χ2n) is 11.0. The van der Waals surface area contributed by atoms with Crippen LogP contribution < -0.4 is 11.3 Å². The molecule has 1 saturated heterocycles. The molecular weight excluding hydrogens is 523 g/mol. The fourth-order valence-electron chi connectivity index (χ4n) is 5.60. The average molecular weight is 557 g/mol. The van der Waals surface area contributed by atoms with Crippen molar-refractivity contribution in [1.82, 2.24) is 34.0 Å². The van der Waals surface area contributed by atoms with Gasteiger partial charge in [0.05, 0.1) is 30.4 Å². The van der Waals surface area contributed by atoms with Crippen molar-refractivity contribution in [3.8, 4) is 22.4 Å². The number of piperidine rings is 1. The molecule has 4 heterocycles. The Hall–Kier alpha value is -4.19. The lowest BCUT2D eigenvalue weighted by Gasteiger charge is -2.38. The van der Waals surface area contributed by atoms with E-state index in [1.54, 1.807) is 28.7 Å². The van der Waals surface area contributed by atoms with Gasteiger partial charge in [0, 0.05) is 63.2 Å². The van der Waals surface area contributed by atoms with Gasteiger partial charge in [-0.1, -0.05) is 36.4 Å². The van der Waals surface area contributed by atoms with Crippen molar-refractivity contribution in [1.29, 1.82) is 0 Å². The molecule has 0 atom stereocenters. The standard InChI is InChI=1S/C30H33FN8O2/c1-36-16-24(15-34-36)22-7-8-23(25(31)13-22)17-38-11-9-30(41,10-12-38)18-39-19-33-26-27(29(39)40)35-37(2)28(26)21-5-3-20(14-32)4-6-21/h3-8,13,15-16,19,41H,9-12,14,17-18,32H2,1-2H3. The van der Waals surface area contributed by atoms with Crippen molar-refractivity contribution in [2.24, 2.45) is 19.8 Å². The topological polar surface area (TPSA) is 120 Å². The summed E-state index contributed by atoms with van der Waals surface area (Å²) in [6, 6.07) is 13.1. The fraction of sp³-hybridized carbons (Fsp3) is 0.333. The van der Waals surface area contributed by atoms with Crippen LogP contribution in [0.25, 0.3) is 33.4 Å². The molecule has 6 rings (SSSR count). The highest BCUT2D eigenvalue weighted by Crippen LogP contribution is 2.28. The van der Waals surface area contributed by atoms with Crippen molar-refractivity contribution in [3.05, 3.63) is 88.5 Å². The lowest BCUT2D eigenvalue weighted by Crippen LogP contribution is -2.47. The first-order chi connectivity index (χ1) is 19.7. The molecule has 1 aliphatic rings. The number of likely N-dealkylation sites (tertiary alicyclic amines) is 1. The summed E-state index contributed by atoms with van der Waals surface area (Å²) in [5.74, 6) is -0.261. The minimum atomic E-state index is -1.08. The van der Waals surface area contributed by atoms with Gasteiger partial charge in [-0.3, -0.25) is 23.6 Å². The average Bonchev–Trinajstić information content (AvgIpc) is 3.55. The van der Waals surface area contributed by atoms with Crippen molar-refractivity contribution in [2.75, 3.05) is 13.1 Å². The molecular formula is C30H33FN8O2. The maximum atomic E-state index is 14.9. The molecule has 212 valence electrons. The summed E-state index contributed by atoms with van der Waals surface area (Å²) in [5, 5.41) is 20.0. The lowest BCUT2D eigenvalue weighted by atomic mass is 9.91. The Morgan fingerprint density at radius 3 is 2.41 bits per heavy atom. The number of nitrogens with two attached hydrogens (primary N) is 1. The Bertz CT molecular complexity index is 1760. The van der Waals surface area contributed by atoms with Gasteiger partial charge in [0.1, 0.15) is 11.3 Å². The van der Waals surface area contributed by atoms with Gasteiger partial charge < -0.3 is 10.8 Å². The largest absolute Gasteiger partial charge is 0.388 e. The van der Waals surface area contributed by atoms with E-state index in [0.717, 1.165) is 27.9 Å². The van der Waals surface area contributed by atoms with Crippen LogP contribution in [-0.2, 0) is 33.7 Å². The molecule has 1 fully saturated rings. The Balaban J connectivity index is 1.14. The van der Waals surface area contributed by atoms with Gasteiger partial charge in [0.15, 0.2) is 5.52 Å². The SMILES string of the molecule is Cn1cc(-c2ccc(CN3CCC(O)(Cn4cnc5c(-c6ccc(CN)cc6)n(C)nc5c4=O)CC3)c(F)c2)cn1. The molecule has 41 heavy (non-hydrogen) atoms. The van der Waals surface area contributed by atoms with Crippen molar-refractivity contribution < 1.29 is 9.50 Å². The first-order valence-electron chi connectivity index (χ1n) is 13.7. The zero-order valence-electron chi connectivity index (χ0n) is 23.2. The molecule has 0 aliphatic carbocycles. The van der Waals surface area contributed by atoms with Crippen molar-refractivity contribution >= 4 is 11.0 Å². The quantitative estimate of drug-likeness (QED) is 0.316. The van der Waals surface area contributed by atoms with Gasteiger partial charge in [-0.15, -0.1) is 0 Å². The summed E-state index contributed by atoms with van der Waals surface area (Å²) in [6.07, 6.45) is 5.97. The summed E-state index contributed by atoms with van der Waals surface area (Å²) < 4.78 is 19.7. The molecule has 10 nitrogen and oxygen atoms in total. The van der Waals surface area contributed by atoms with Crippen LogP contribution in [0.4, 0.5) is 4.39 Å². The fourth-order valence-corrected chi connectivity index (χ4v) is 5.60. The first-order valence-corrected chi connectivity index (χ1v) is 13.7. The van der Waals surface area contributed by atoms with E-state index in [1.165, 1.54) is 10.9 Å². The molecule has 0 saturated carbocycles. The van der Waals surface area contributed by atoms with Crippen LogP contribution in [0.3, 0.4) is 0 Å². The highest BCUT2D eigenvalue weighted by atomic mass is 19.1. The van der Waals surface area contributed by atoms with E-state index in [0.29, 0.717) is 50.1 Å². The van der Waals surface area contributed by atoms with Crippen LogP contribution in [0.15, 0.2) is 66.0 Å². The third kappa shape index (κ3) is 5.31. The molecule has 0 bridgehead atoms. The molecule has 0 spiro atoms. The van der Waals surface area contributed by atoms with Crippen molar-refractivity contribution in [2.45, 2.75) is 38.1 Å². The predicted octanol–water partition coefficient (Wildman–Crippen LogP) is 2.82.